The van der Waals surface area contributed by atoms with Crippen LogP contribution >= 0.6 is 0 Å². The number of halogens is 1. The summed E-state index contributed by atoms with van der Waals surface area (Å²) >= 11 is 0. The predicted molar refractivity (Wildman–Crippen MR) is 287 cm³/mol. The van der Waals surface area contributed by atoms with Gasteiger partial charge in [0.05, 0.1) is 52.8 Å². The van der Waals surface area contributed by atoms with Crippen molar-refractivity contribution in [1.82, 2.24) is 19.4 Å². The van der Waals surface area contributed by atoms with Crippen LogP contribution in [0.3, 0.4) is 0 Å². The van der Waals surface area contributed by atoms with E-state index in [-0.39, 0.29) is 54.0 Å². The van der Waals surface area contributed by atoms with E-state index in [1.165, 1.54) is 17.9 Å². The molecule has 446 valence electrons. The summed E-state index contributed by atoms with van der Waals surface area (Å²) in [5, 5.41) is 24.2. The van der Waals surface area contributed by atoms with Crippen molar-refractivity contribution in [2.45, 2.75) is 199 Å². The van der Waals surface area contributed by atoms with Crippen molar-refractivity contribution < 1.29 is 81.2 Å². The lowest BCUT2D eigenvalue weighted by Crippen LogP contribution is -2.61. The minimum absolute atomic E-state index is 0.0568. The number of hydrogen-bond acceptors (Lipinski definition) is 20. The van der Waals surface area contributed by atoms with Crippen molar-refractivity contribution in [3.05, 3.63) is 33.9 Å². The number of rotatable bonds is 19. The highest BCUT2D eigenvalue weighted by atomic mass is 19.1. The molecule has 79 heavy (non-hydrogen) atoms. The van der Waals surface area contributed by atoms with Crippen molar-refractivity contribution in [1.29, 1.82) is 0 Å². The number of aryl methyl sites for hydroxylation is 1. The monoisotopic (exact) mass is 1120 g/mol. The average molecular weight is 1120 g/mol. The van der Waals surface area contributed by atoms with Crippen molar-refractivity contribution in [2.75, 3.05) is 66.9 Å². The number of pyridine rings is 2. The maximum atomic E-state index is 15.2. The smallest absolute Gasteiger partial charge is 0.477 e. The topological polar surface area (TPSA) is 254 Å². The Balaban J connectivity index is 1.20. The van der Waals surface area contributed by atoms with Crippen molar-refractivity contribution in [3.8, 4) is 0 Å². The van der Waals surface area contributed by atoms with Crippen LogP contribution in [0.2, 0.25) is 0 Å². The molecule has 2 aromatic heterocycles. The number of methoxy groups -OCH3 is 2. The Kier molecular flexibility index (Phi) is 21.2. The molecule has 0 amide bonds. The van der Waals surface area contributed by atoms with Crippen LogP contribution in [0.15, 0.2) is 17.1 Å². The number of hydrogen-bond donors (Lipinski definition) is 3. The lowest BCUT2D eigenvalue weighted by molar-refractivity contribution is -0.322. The summed E-state index contributed by atoms with van der Waals surface area (Å²) in [5.41, 5.74) is -4.86. The second kappa shape index (κ2) is 26.2. The number of aliphatic hydroxyl groups excluding tert-OH is 1. The maximum absolute atomic E-state index is 15.2. The molecule has 4 aliphatic rings. The average Bonchev–Trinajstić information content (AvgIpc) is 3.72. The number of anilines is 1. The molecule has 4 saturated heterocycles. The summed E-state index contributed by atoms with van der Waals surface area (Å²) in [6.45, 7) is 21.8. The molecule has 4 aliphatic heterocycles. The highest BCUT2D eigenvalue weighted by Crippen LogP contribution is 2.44. The van der Waals surface area contributed by atoms with E-state index in [0.29, 0.717) is 45.6 Å². The molecule has 0 aromatic carbocycles. The number of esters is 1. The predicted octanol–water partition coefficient (Wildman–Crippen LogP) is 5.65. The van der Waals surface area contributed by atoms with E-state index in [4.69, 9.17) is 47.4 Å². The van der Waals surface area contributed by atoms with Crippen LogP contribution in [-0.4, -0.2) is 199 Å². The first-order valence-corrected chi connectivity index (χ1v) is 27.8. The van der Waals surface area contributed by atoms with E-state index in [1.807, 2.05) is 65.6 Å². The summed E-state index contributed by atoms with van der Waals surface area (Å²) in [7, 11) is 8.78. The number of ether oxygens (including phenoxy) is 10. The van der Waals surface area contributed by atoms with Gasteiger partial charge in [-0.15, -0.1) is 0 Å². The quantitative estimate of drug-likeness (QED) is 0.114. The molecule has 0 aliphatic carbocycles. The lowest BCUT2D eigenvalue weighted by Gasteiger charge is -2.50. The Hall–Kier alpha value is -4.43. The first-order chi connectivity index (χ1) is 37.1. The second-order valence-corrected chi connectivity index (χ2v) is 23.1. The number of carbonyl (C=O) groups excluding carboxylic acids is 3. The number of fused-ring (bicyclic) bond motifs is 2. The summed E-state index contributed by atoms with van der Waals surface area (Å²) in [6, 6.07) is 0.694. The van der Waals surface area contributed by atoms with Crippen molar-refractivity contribution in [2.24, 2.45) is 23.7 Å². The molecule has 4 fully saturated rings. The van der Waals surface area contributed by atoms with Gasteiger partial charge in [-0.3, -0.25) is 14.4 Å². The molecule has 0 spiro atoms. The molecule has 0 unspecified atom stereocenters. The van der Waals surface area contributed by atoms with Gasteiger partial charge in [-0.1, -0.05) is 27.7 Å². The SMILES string of the molecule is CC[C@H]1OC(=O)[C@H](C)[C@@H](O[C@H]2C[C@@](C)(OC)[C@@H](OCCCN(C)CCNc3nc4c(cc3F)c(=O)c(C(=O)O)cn4CC)[C@H](C)O2)[C@H](C)[C@@H](O[C@H]2O[C@@H](C)C[C@@H](N(C)C)[C@@H]2O)[C@](C)(OC)C[C@@H](C)C(=O)[C@H](C)[C@H]2OC(=O)O[C@@]21C. The first-order valence-electron chi connectivity index (χ1n) is 27.8. The van der Waals surface area contributed by atoms with Crippen molar-refractivity contribution in [3.63, 3.8) is 0 Å². The minimum atomic E-state index is -1.52. The number of cyclic esters (lactones) is 1. The van der Waals surface area contributed by atoms with E-state index in [1.54, 1.807) is 48.7 Å². The molecule has 23 heteroatoms. The van der Waals surface area contributed by atoms with Gasteiger partial charge in [-0.25, -0.2) is 19.0 Å². The fourth-order valence-electron chi connectivity index (χ4n) is 12.3. The van der Waals surface area contributed by atoms with Crippen LogP contribution in [0.1, 0.15) is 119 Å². The minimum Gasteiger partial charge on any atom is -0.477 e. The van der Waals surface area contributed by atoms with E-state index >= 15 is 4.39 Å². The number of likely N-dealkylation sites (N-methyl/N-ethyl adjacent to an activating group) is 2. The van der Waals surface area contributed by atoms with Gasteiger partial charge in [0, 0.05) is 77.5 Å². The fraction of sp³-hybridized carbons (Fsp3) is 0.786. The Labute approximate surface area is 463 Å². The van der Waals surface area contributed by atoms with Crippen LogP contribution in [-0.2, 0) is 63.5 Å². The molecule has 0 saturated carbocycles. The highest BCUT2D eigenvalue weighted by molar-refractivity contribution is 5.92. The Morgan fingerprint density at radius 1 is 0.924 bits per heavy atom. The van der Waals surface area contributed by atoms with Crippen LogP contribution in [0, 0.1) is 29.5 Å². The number of nitrogens with zero attached hydrogens (tertiary/aromatic N) is 4. The van der Waals surface area contributed by atoms with E-state index in [9.17, 15) is 34.2 Å². The number of ketones is 1. The first kappa shape index (κ1) is 63.7. The fourth-order valence-corrected chi connectivity index (χ4v) is 12.3. The third kappa shape index (κ3) is 13.7. The van der Waals surface area contributed by atoms with Gasteiger partial charge >= 0.3 is 18.1 Å². The normalized spacial score (nSPS) is 36.9. The molecule has 6 heterocycles. The molecule has 3 N–H and O–H groups in total. The summed E-state index contributed by atoms with van der Waals surface area (Å²) in [6.07, 6.45) is -6.98. The van der Waals surface area contributed by atoms with Gasteiger partial charge in [0.15, 0.2) is 35.9 Å². The zero-order chi connectivity index (χ0) is 58.6. The van der Waals surface area contributed by atoms with E-state index in [0.717, 1.165) is 6.07 Å². The standard InChI is InChI=1S/C56H88FN5O17/c1-17-39-56(11)46(78-53(69)79-56)31(5)41(63)29(3)26-54(9,70-15)45(77-52-43(65)38(60(12)13)24-30(4)73-52)32(6)44(33(7)51(68)75-39)76-40-27-55(10,71-16)47(34(8)74-40)72-23-19-21-61(14)22-20-58-48-37(57)25-35-42(64)36(50(66)67)28-62(18-2)49(35)59-48/h25,28-34,38-40,43-47,52,65H,17-24,26-27H2,1-16H3,(H,58,59)(H,66,67)/t29-,30+,31+,32+,33-,34+,38-,39-,40+,43+,44+,45-,46-,47+,52-,54-,55-,56-/m1/s1. The molecular formula is C56H88FN5O17. The number of aromatic nitrogens is 2. The maximum Gasteiger partial charge on any atom is 0.509 e. The second-order valence-electron chi connectivity index (χ2n) is 23.1. The Bertz CT molecular complexity index is 2520. The number of carbonyl (C=O) groups is 4. The molecule has 2 aromatic rings. The van der Waals surface area contributed by atoms with Crippen LogP contribution in [0.5, 0.6) is 0 Å². The molecule has 6 rings (SSSR count). The molecular weight excluding hydrogens is 1030 g/mol. The van der Waals surface area contributed by atoms with Gasteiger partial charge in [-0.2, -0.15) is 0 Å². The van der Waals surface area contributed by atoms with E-state index < -0.39 is 131 Å². The molecule has 0 radical (unpaired) electrons. The number of aliphatic hydroxyl groups is 1. The molecule has 0 bridgehead atoms. The highest BCUT2D eigenvalue weighted by Gasteiger charge is 2.60. The summed E-state index contributed by atoms with van der Waals surface area (Å²) in [4.78, 5) is 75.0. The number of nitrogens with one attached hydrogen (secondary N) is 1. The zero-order valence-electron chi connectivity index (χ0n) is 49.1. The van der Waals surface area contributed by atoms with Gasteiger partial charge in [0.2, 0.25) is 5.43 Å². The number of carboxylic acids is 1. The molecule has 22 nitrogen and oxygen atoms in total. The van der Waals surface area contributed by atoms with Gasteiger partial charge in [0.1, 0.15) is 35.3 Å². The largest absolute Gasteiger partial charge is 0.509 e. The number of aromatic carboxylic acids is 1. The van der Waals surface area contributed by atoms with E-state index in [2.05, 4.69) is 10.3 Å². The van der Waals surface area contributed by atoms with Crippen LogP contribution in [0.25, 0.3) is 11.0 Å². The van der Waals surface area contributed by atoms with Crippen molar-refractivity contribution >= 4 is 40.7 Å². The summed E-state index contributed by atoms with van der Waals surface area (Å²) < 4.78 is 80.8. The third-order valence-electron chi connectivity index (χ3n) is 17.0. The third-order valence-corrected chi connectivity index (χ3v) is 17.0. The van der Waals surface area contributed by atoms with Crippen LogP contribution < -0.4 is 10.7 Å². The Morgan fingerprint density at radius 2 is 1.59 bits per heavy atom. The van der Waals surface area contributed by atoms with Gasteiger partial charge < -0.3 is 77.3 Å². The lowest BCUT2D eigenvalue weighted by atomic mass is 9.74. The van der Waals surface area contributed by atoms with Gasteiger partial charge in [-0.05, 0) is 101 Å². The number of carboxylic acid groups (broad SMARTS) is 1. The zero-order valence-corrected chi connectivity index (χ0v) is 49.1. The number of Topliss-reactive ketones (excluding diaryl/α,β-unsaturated/α-hetero) is 1. The van der Waals surface area contributed by atoms with Crippen LogP contribution in [0.4, 0.5) is 15.0 Å². The Morgan fingerprint density at radius 3 is 2.22 bits per heavy atom. The van der Waals surface area contributed by atoms with Gasteiger partial charge in [0.25, 0.3) is 0 Å². The summed E-state index contributed by atoms with van der Waals surface area (Å²) in [5.74, 6) is -6.50. The molecule has 18 atom stereocenters.